The summed E-state index contributed by atoms with van der Waals surface area (Å²) >= 11 is 1.35. The summed E-state index contributed by atoms with van der Waals surface area (Å²) in [7, 11) is 0. The number of aromatic nitrogens is 3. The Morgan fingerprint density at radius 3 is 2.55 bits per heavy atom. The maximum atomic E-state index is 13.9. The highest BCUT2D eigenvalue weighted by molar-refractivity contribution is 8.00. The van der Waals surface area contributed by atoms with Gasteiger partial charge in [-0.3, -0.25) is 19.1 Å². The Morgan fingerprint density at radius 2 is 1.82 bits per heavy atom. The number of fused-ring (bicyclic) bond motifs is 1. The zero-order valence-electron chi connectivity index (χ0n) is 21.7. The summed E-state index contributed by atoms with van der Waals surface area (Å²) in [5.74, 6) is -0.0811. The van der Waals surface area contributed by atoms with Crippen LogP contribution in [0.1, 0.15) is 43.7 Å². The van der Waals surface area contributed by atoms with Crippen molar-refractivity contribution in [1.82, 2.24) is 19.9 Å². The van der Waals surface area contributed by atoms with Crippen molar-refractivity contribution >= 4 is 34.3 Å². The molecule has 5 rings (SSSR count). The first-order chi connectivity index (χ1) is 18.6. The number of carbonyl (C=O) groups is 1. The monoisotopic (exact) mass is 527 g/mol. The van der Waals surface area contributed by atoms with Crippen LogP contribution in [0.2, 0.25) is 0 Å². The first-order valence-electron chi connectivity index (χ1n) is 13.3. The number of carbonyl (C=O) groups excluding carboxylic acids is 1. The Kier molecular flexibility index (Phi) is 8.38. The maximum Gasteiger partial charge on any atom is 0.262 e. The average molecular weight is 528 g/mol. The van der Waals surface area contributed by atoms with E-state index >= 15 is 0 Å². The Labute approximate surface area is 227 Å². The smallest absolute Gasteiger partial charge is 0.262 e. The van der Waals surface area contributed by atoms with E-state index in [-0.39, 0.29) is 16.7 Å². The van der Waals surface area contributed by atoms with E-state index in [0.29, 0.717) is 35.6 Å². The van der Waals surface area contributed by atoms with Crippen molar-refractivity contribution in [3.63, 3.8) is 0 Å². The van der Waals surface area contributed by atoms with Crippen LogP contribution in [0, 0.1) is 0 Å². The van der Waals surface area contributed by atoms with Gasteiger partial charge in [0.05, 0.1) is 22.7 Å². The topological polar surface area (TPSA) is 80.1 Å². The van der Waals surface area contributed by atoms with Crippen molar-refractivity contribution in [3.8, 4) is 0 Å². The standard InChI is InChI=1S/C30H33N5O2S/c1-2-27(28(36)32-20-23-12-9-15-31-19-23)38-30-33-26-14-13-24(34-16-7-4-8-17-34)18-25(26)29(37)35(30)21-22-10-5-3-6-11-22/h3,5-6,9-15,18-19,27H,2,4,7-8,16-17,20-21H2,1H3,(H,32,36)/t27-/m1/s1. The summed E-state index contributed by atoms with van der Waals surface area (Å²) in [5, 5.41) is 3.80. The van der Waals surface area contributed by atoms with Gasteiger partial charge in [0.2, 0.25) is 5.91 Å². The van der Waals surface area contributed by atoms with Gasteiger partial charge in [-0.25, -0.2) is 4.98 Å². The van der Waals surface area contributed by atoms with Crippen LogP contribution in [0.3, 0.4) is 0 Å². The number of hydrogen-bond donors (Lipinski definition) is 1. The second kappa shape index (κ2) is 12.3. The van der Waals surface area contributed by atoms with Gasteiger partial charge in [-0.1, -0.05) is 55.1 Å². The van der Waals surface area contributed by atoms with E-state index < -0.39 is 0 Å². The second-order valence-electron chi connectivity index (χ2n) is 9.61. The number of pyridine rings is 1. The zero-order valence-corrected chi connectivity index (χ0v) is 22.5. The molecule has 4 aromatic rings. The molecule has 8 heteroatoms. The molecule has 1 amide bonds. The van der Waals surface area contributed by atoms with Crippen LogP contribution in [0.25, 0.3) is 10.9 Å². The van der Waals surface area contributed by atoms with Gasteiger partial charge in [0.15, 0.2) is 5.16 Å². The highest BCUT2D eigenvalue weighted by Crippen LogP contribution is 2.28. The molecule has 0 spiro atoms. The lowest BCUT2D eigenvalue weighted by molar-refractivity contribution is -0.120. The van der Waals surface area contributed by atoms with Crippen LogP contribution in [0.4, 0.5) is 5.69 Å². The minimum atomic E-state index is -0.384. The number of hydrogen-bond acceptors (Lipinski definition) is 6. The second-order valence-corrected chi connectivity index (χ2v) is 10.8. The lowest BCUT2D eigenvalue weighted by Gasteiger charge is -2.29. The Bertz CT molecular complexity index is 1440. The predicted octanol–water partition coefficient (Wildman–Crippen LogP) is 5.02. The molecule has 0 bridgehead atoms. The molecular weight excluding hydrogens is 494 g/mol. The molecule has 1 saturated heterocycles. The Balaban J connectivity index is 1.47. The van der Waals surface area contributed by atoms with Crippen molar-refractivity contribution in [2.75, 3.05) is 18.0 Å². The SMILES string of the molecule is CC[C@@H](Sc1nc2ccc(N3CCCCC3)cc2c(=O)n1Cc1ccccc1)C(=O)NCc1cccnc1. The van der Waals surface area contributed by atoms with E-state index in [1.165, 1.54) is 31.0 Å². The van der Waals surface area contributed by atoms with E-state index in [0.717, 1.165) is 29.9 Å². The van der Waals surface area contributed by atoms with Gasteiger partial charge < -0.3 is 10.2 Å². The van der Waals surface area contributed by atoms with Crippen LogP contribution in [0.5, 0.6) is 0 Å². The number of rotatable bonds is 9. The summed E-state index contributed by atoms with van der Waals surface area (Å²) in [6, 6.07) is 19.7. The zero-order chi connectivity index (χ0) is 26.3. The summed E-state index contributed by atoms with van der Waals surface area (Å²) in [4.78, 5) is 38.4. The fraction of sp³-hybridized carbons (Fsp3) is 0.333. The van der Waals surface area contributed by atoms with E-state index in [4.69, 9.17) is 4.98 Å². The molecule has 3 heterocycles. The molecular formula is C30H33N5O2S. The summed E-state index contributed by atoms with van der Waals surface area (Å²) < 4.78 is 1.72. The van der Waals surface area contributed by atoms with Gasteiger partial charge in [0, 0.05) is 37.7 Å². The number of anilines is 1. The average Bonchev–Trinajstić information content (AvgIpc) is 2.98. The highest BCUT2D eigenvalue weighted by atomic mass is 32.2. The van der Waals surface area contributed by atoms with Gasteiger partial charge in [0.1, 0.15) is 0 Å². The van der Waals surface area contributed by atoms with E-state index in [9.17, 15) is 9.59 Å². The largest absolute Gasteiger partial charge is 0.372 e. The number of nitrogens with zero attached hydrogens (tertiary/aromatic N) is 4. The van der Waals surface area contributed by atoms with E-state index in [1.54, 1.807) is 17.0 Å². The number of piperidine rings is 1. The van der Waals surface area contributed by atoms with Crippen molar-refractivity contribution in [2.24, 2.45) is 0 Å². The maximum absolute atomic E-state index is 13.9. The predicted molar refractivity (Wildman–Crippen MR) is 154 cm³/mol. The molecule has 7 nitrogen and oxygen atoms in total. The highest BCUT2D eigenvalue weighted by Gasteiger charge is 2.23. The first kappa shape index (κ1) is 26.0. The molecule has 0 unspecified atom stereocenters. The third-order valence-corrected chi connectivity index (χ3v) is 8.26. The number of amides is 1. The Hall–Kier alpha value is -3.65. The first-order valence-corrected chi connectivity index (χ1v) is 14.2. The van der Waals surface area contributed by atoms with Gasteiger partial charge >= 0.3 is 0 Å². The molecule has 1 fully saturated rings. The van der Waals surface area contributed by atoms with Crippen molar-refractivity contribution in [1.29, 1.82) is 0 Å². The Morgan fingerprint density at radius 1 is 1.03 bits per heavy atom. The van der Waals surface area contributed by atoms with E-state index in [1.807, 2.05) is 61.5 Å². The lowest BCUT2D eigenvalue weighted by atomic mass is 10.1. The molecule has 1 atom stereocenters. The third-order valence-electron chi connectivity index (χ3n) is 6.91. The van der Waals surface area contributed by atoms with Crippen molar-refractivity contribution in [3.05, 3.63) is 94.5 Å². The van der Waals surface area contributed by atoms with Crippen LogP contribution in [-0.2, 0) is 17.9 Å². The van der Waals surface area contributed by atoms with Gasteiger partial charge in [0.25, 0.3) is 5.56 Å². The van der Waals surface area contributed by atoms with Gasteiger partial charge in [-0.15, -0.1) is 0 Å². The van der Waals surface area contributed by atoms with Crippen LogP contribution >= 0.6 is 11.8 Å². The molecule has 2 aromatic heterocycles. The molecule has 1 aliphatic rings. The van der Waals surface area contributed by atoms with Crippen molar-refractivity contribution < 1.29 is 4.79 Å². The van der Waals surface area contributed by atoms with Gasteiger partial charge in [-0.2, -0.15) is 0 Å². The molecule has 0 saturated carbocycles. The number of thioether (sulfide) groups is 1. The van der Waals surface area contributed by atoms with Crippen LogP contribution in [0.15, 0.2) is 83.0 Å². The molecule has 196 valence electrons. The summed E-state index contributed by atoms with van der Waals surface area (Å²) in [6.45, 7) is 4.80. The number of nitrogens with one attached hydrogen (secondary N) is 1. The summed E-state index contributed by atoms with van der Waals surface area (Å²) in [5.41, 5.74) is 3.61. The fourth-order valence-electron chi connectivity index (χ4n) is 4.79. The van der Waals surface area contributed by atoms with Crippen LogP contribution in [-0.4, -0.2) is 38.8 Å². The molecule has 2 aromatic carbocycles. The normalized spacial score (nSPS) is 14.4. The van der Waals surface area contributed by atoms with Crippen LogP contribution < -0.4 is 15.8 Å². The summed E-state index contributed by atoms with van der Waals surface area (Å²) in [6.07, 6.45) is 7.66. The fourth-order valence-corrected chi connectivity index (χ4v) is 5.83. The molecule has 1 N–H and O–H groups in total. The lowest BCUT2D eigenvalue weighted by Crippen LogP contribution is -2.33. The molecule has 0 radical (unpaired) electrons. The molecule has 38 heavy (non-hydrogen) atoms. The minimum Gasteiger partial charge on any atom is -0.372 e. The molecule has 0 aliphatic carbocycles. The number of benzene rings is 2. The minimum absolute atomic E-state index is 0.0779. The van der Waals surface area contributed by atoms with Crippen molar-refractivity contribution in [2.45, 2.75) is 56.1 Å². The van der Waals surface area contributed by atoms with Gasteiger partial charge in [-0.05, 0) is 61.1 Å². The molecule has 1 aliphatic heterocycles. The quantitative estimate of drug-likeness (QED) is 0.243. The van der Waals surface area contributed by atoms with E-state index in [2.05, 4.69) is 21.3 Å². The third kappa shape index (κ3) is 6.07.